The molecular weight excluding hydrogens is 290 g/mol. The van der Waals surface area contributed by atoms with Crippen molar-refractivity contribution in [2.24, 2.45) is 0 Å². The van der Waals surface area contributed by atoms with Crippen LogP contribution >= 0.6 is 0 Å². The highest BCUT2D eigenvalue weighted by Crippen LogP contribution is 2.37. The van der Waals surface area contributed by atoms with E-state index in [1.165, 1.54) is 0 Å². The van der Waals surface area contributed by atoms with E-state index in [1.807, 2.05) is 6.92 Å². The molecule has 2 rings (SSSR count). The van der Waals surface area contributed by atoms with Crippen molar-refractivity contribution in [3.8, 4) is 5.75 Å². The van der Waals surface area contributed by atoms with Crippen LogP contribution in [0, 0.1) is 6.92 Å². The Balaban J connectivity index is 2.46. The number of aryl methyl sites for hydroxylation is 1. The zero-order valence-electron chi connectivity index (χ0n) is 12.2. The van der Waals surface area contributed by atoms with Gasteiger partial charge in [0.15, 0.2) is 0 Å². The van der Waals surface area contributed by atoms with Crippen LogP contribution in [-0.4, -0.2) is 29.2 Å². The molecule has 0 saturated heterocycles. The van der Waals surface area contributed by atoms with Gasteiger partial charge in [-0.05, 0) is 19.4 Å². The van der Waals surface area contributed by atoms with Crippen LogP contribution in [-0.2, 0) is 10.0 Å². The monoisotopic (exact) mass is 309 g/mol. The lowest BCUT2D eigenvalue weighted by atomic mass is 9.95. The van der Waals surface area contributed by atoms with Crippen LogP contribution in [0.25, 0.3) is 0 Å². The lowest BCUT2D eigenvalue weighted by Gasteiger charge is -2.17. The molecule has 2 aromatic rings. The van der Waals surface area contributed by atoms with Crippen molar-refractivity contribution in [3.05, 3.63) is 41.5 Å². The van der Waals surface area contributed by atoms with E-state index >= 15 is 0 Å². The van der Waals surface area contributed by atoms with Crippen LogP contribution in [0.15, 0.2) is 24.7 Å². The second kappa shape index (κ2) is 5.77. The molecule has 1 aromatic carbocycles. The topological polar surface area (TPSA) is 95.1 Å². The van der Waals surface area contributed by atoms with Gasteiger partial charge in [-0.15, -0.1) is 0 Å². The molecule has 1 unspecified atom stereocenters. The molecule has 6 nitrogen and oxygen atoms in total. The minimum absolute atomic E-state index is 0.0471. The fraction of sp³-hybridized carbons (Fsp3) is 0.357. The van der Waals surface area contributed by atoms with Gasteiger partial charge >= 0.3 is 0 Å². The summed E-state index contributed by atoms with van der Waals surface area (Å²) in [6.45, 7) is 5.21. The first kappa shape index (κ1) is 15.4. The Bertz CT molecular complexity index is 724. The largest absolute Gasteiger partial charge is 0.505 e. The lowest BCUT2D eigenvalue weighted by molar-refractivity contribution is 0.468. The Morgan fingerprint density at radius 1 is 1.43 bits per heavy atom. The average molecular weight is 309 g/mol. The van der Waals surface area contributed by atoms with Gasteiger partial charge < -0.3 is 10.1 Å². The van der Waals surface area contributed by atoms with Gasteiger partial charge in [-0.1, -0.05) is 19.1 Å². The van der Waals surface area contributed by atoms with E-state index in [9.17, 15) is 13.5 Å². The third-order valence-electron chi connectivity index (χ3n) is 3.51. The molecule has 0 saturated carbocycles. The van der Waals surface area contributed by atoms with Gasteiger partial charge in [-0.25, -0.2) is 13.4 Å². The number of phenols is 1. The van der Waals surface area contributed by atoms with Gasteiger partial charge in [0.1, 0.15) is 5.75 Å². The van der Waals surface area contributed by atoms with Crippen molar-refractivity contribution in [2.45, 2.75) is 26.7 Å². The third kappa shape index (κ3) is 3.18. The fourth-order valence-electron chi connectivity index (χ4n) is 2.09. The standard InChI is InChI=1S/C14H19N3O3S/c1-4-21(19,20)17-13-9(2)5-6-11(14(13)18)10(3)12-7-15-8-16-12/h5-8,10,17-18H,4H2,1-3H3,(H,15,16). The van der Waals surface area contributed by atoms with Crippen LogP contribution in [0.4, 0.5) is 5.69 Å². The number of nitrogens with one attached hydrogen (secondary N) is 2. The summed E-state index contributed by atoms with van der Waals surface area (Å²) < 4.78 is 25.9. The van der Waals surface area contributed by atoms with E-state index in [-0.39, 0.29) is 23.1 Å². The molecule has 21 heavy (non-hydrogen) atoms. The number of H-pyrrole nitrogens is 1. The summed E-state index contributed by atoms with van der Waals surface area (Å²) in [4.78, 5) is 6.96. The quantitative estimate of drug-likeness (QED) is 0.739. The van der Waals surface area contributed by atoms with E-state index in [0.29, 0.717) is 11.1 Å². The number of nitrogens with zero attached hydrogens (tertiary/aromatic N) is 1. The highest BCUT2D eigenvalue weighted by Gasteiger charge is 2.20. The van der Waals surface area contributed by atoms with Crippen LogP contribution in [0.5, 0.6) is 5.75 Å². The van der Waals surface area contributed by atoms with Gasteiger partial charge in [-0.3, -0.25) is 4.72 Å². The molecule has 0 aliphatic rings. The lowest BCUT2D eigenvalue weighted by Crippen LogP contribution is -2.16. The highest BCUT2D eigenvalue weighted by atomic mass is 32.2. The van der Waals surface area contributed by atoms with Crippen LogP contribution in [0.1, 0.15) is 36.6 Å². The second-order valence-corrected chi connectivity index (χ2v) is 6.94. The molecule has 0 aliphatic carbocycles. The molecule has 1 atom stereocenters. The number of hydrogen-bond acceptors (Lipinski definition) is 4. The normalized spacial score (nSPS) is 13.1. The SMILES string of the molecule is CCS(=O)(=O)Nc1c(C)ccc(C(C)c2cnc[nH]2)c1O. The summed E-state index contributed by atoms with van der Waals surface area (Å²) in [7, 11) is -3.44. The predicted octanol–water partition coefficient (Wildman–Crippen LogP) is 2.34. The number of imidazole rings is 1. The smallest absolute Gasteiger partial charge is 0.232 e. The minimum Gasteiger partial charge on any atom is -0.505 e. The third-order valence-corrected chi connectivity index (χ3v) is 4.78. The Morgan fingerprint density at radius 2 is 2.14 bits per heavy atom. The first-order valence-corrected chi connectivity index (χ1v) is 8.32. The van der Waals surface area contributed by atoms with Crippen LogP contribution in [0.2, 0.25) is 0 Å². The first-order valence-electron chi connectivity index (χ1n) is 6.67. The maximum atomic E-state index is 11.7. The van der Waals surface area contributed by atoms with Gasteiger partial charge in [0.25, 0.3) is 0 Å². The molecule has 0 amide bonds. The highest BCUT2D eigenvalue weighted by molar-refractivity contribution is 7.92. The number of sulfonamides is 1. The van der Waals surface area contributed by atoms with Crippen molar-refractivity contribution < 1.29 is 13.5 Å². The van der Waals surface area contributed by atoms with E-state index < -0.39 is 10.0 Å². The number of benzene rings is 1. The summed E-state index contributed by atoms with van der Waals surface area (Å²) in [5, 5.41) is 10.4. The molecule has 3 N–H and O–H groups in total. The summed E-state index contributed by atoms with van der Waals surface area (Å²) in [6.07, 6.45) is 3.25. The predicted molar refractivity (Wildman–Crippen MR) is 82.0 cm³/mol. The second-order valence-electron chi connectivity index (χ2n) is 4.93. The zero-order chi connectivity index (χ0) is 15.6. The van der Waals surface area contributed by atoms with Crippen molar-refractivity contribution >= 4 is 15.7 Å². The van der Waals surface area contributed by atoms with Crippen LogP contribution in [0.3, 0.4) is 0 Å². The molecular formula is C14H19N3O3S. The molecule has 0 bridgehead atoms. The molecule has 1 aromatic heterocycles. The number of aromatic nitrogens is 2. The number of aromatic amines is 1. The van der Waals surface area contributed by atoms with Crippen molar-refractivity contribution in [3.63, 3.8) is 0 Å². The Hall–Kier alpha value is -2.02. The van der Waals surface area contributed by atoms with E-state index in [2.05, 4.69) is 14.7 Å². The summed E-state index contributed by atoms with van der Waals surface area (Å²) in [5.74, 6) is -0.223. The molecule has 0 radical (unpaired) electrons. The number of aromatic hydroxyl groups is 1. The minimum atomic E-state index is -3.44. The Labute approximate surface area is 124 Å². The molecule has 0 spiro atoms. The number of phenolic OH excluding ortho intramolecular Hbond substituents is 1. The van der Waals surface area contributed by atoms with Gasteiger partial charge in [0.2, 0.25) is 10.0 Å². The van der Waals surface area contributed by atoms with E-state index in [0.717, 1.165) is 5.69 Å². The average Bonchev–Trinajstić information content (AvgIpc) is 2.97. The number of anilines is 1. The number of rotatable bonds is 5. The molecule has 7 heteroatoms. The van der Waals surface area contributed by atoms with Crippen LogP contribution < -0.4 is 4.72 Å². The molecule has 0 fully saturated rings. The fourth-order valence-corrected chi connectivity index (χ4v) is 2.80. The van der Waals surface area contributed by atoms with Crippen molar-refractivity contribution in [1.82, 2.24) is 9.97 Å². The summed E-state index contributed by atoms with van der Waals surface area (Å²) in [6, 6.07) is 3.58. The molecule has 1 heterocycles. The zero-order valence-corrected chi connectivity index (χ0v) is 13.0. The number of hydrogen-bond donors (Lipinski definition) is 3. The van der Waals surface area contributed by atoms with Crippen molar-refractivity contribution in [2.75, 3.05) is 10.5 Å². The maximum Gasteiger partial charge on any atom is 0.232 e. The maximum absolute atomic E-state index is 11.7. The van der Waals surface area contributed by atoms with E-state index in [1.54, 1.807) is 38.5 Å². The van der Waals surface area contributed by atoms with Gasteiger partial charge in [0.05, 0.1) is 17.8 Å². The summed E-state index contributed by atoms with van der Waals surface area (Å²) >= 11 is 0. The van der Waals surface area contributed by atoms with Crippen molar-refractivity contribution in [1.29, 1.82) is 0 Å². The van der Waals surface area contributed by atoms with Gasteiger partial charge in [0, 0.05) is 23.4 Å². The molecule has 0 aliphatic heterocycles. The first-order chi connectivity index (χ1) is 9.85. The Morgan fingerprint density at radius 3 is 2.71 bits per heavy atom. The molecule has 114 valence electrons. The van der Waals surface area contributed by atoms with Gasteiger partial charge in [-0.2, -0.15) is 0 Å². The Kier molecular flexibility index (Phi) is 4.22. The van der Waals surface area contributed by atoms with E-state index in [4.69, 9.17) is 0 Å². The summed E-state index contributed by atoms with van der Waals surface area (Å²) in [5.41, 5.74) is 2.39.